The van der Waals surface area contributed by atoms with Crippen LogP contribution in [0.15, 0.2) is 29.2 Å². The smallest absolute Gasteiger partial charge is 0.197 e. The van der Waals surface area contributed by atoms with Gasteiger partial charge in [-0.25, -0.2) is 8.42 Å². The SMILES string of the molecule is CCCC(C#N)(CCC)S(=O)(=O)c1ccc(OC)cc1. The van der Waals surface area contributed by atoms with Crippen LogP contribution in [0.3, 0.4) is 0 Å². The lowest BCUT2D eigenvalue weighted by atomic mass is 9.99. The van der Waals surface area contributed by atoms with Crippen molar-refractivity contribution in [3.8, 4) is 11.8 Å². The van der Waals surface area contributed by atoms with Gasteiger partial charge < -0.3 is 4.74 Å². The Labute approximate surface area is 121 Å². The molecular formula is C15H21NO3S. The van der Waals surface area contributed by atoms with E-state index in [2.05, 4.69) is 6.07 Å². The summed E-state index contributed by atoms with van der Waals surface area (Å²) < 4.78 is 29.3. The van der Waals surface area contributed by atoms with E-state index in [1.807, 2.05) is 13.8 Å². The number of sulfone groups is 1. The molecule has 0 bridgehead atoms. The summed E-state index contributed by atoms with van der Waals surface area (Å²) in [5, 5.41) is 9.48. The molecule has 0 unspecified atom stereocenters. The third-order valence-corrected chi connectivity index (χ3v) is 5.82. The largest absolute Gasteiger partial charge is 0.497 e. The summed E-state index contributed by atoms with van der Waals surface area (Å²) in [7, 11) is -2.15. The minimum Gasteiger partial charge on any atom is -0.497 e. The molecule has 0 aliphatic rings. The van der Waals surface area contributed by atoms with Crippen LogP contribution < -0.4 is 4.74 Å². The second kappa shape index (κ2) is 6.76. The van der Waals surface area contributed by atoms with Gasteiger partial charge in [0.15, 0.2) is 14.6 Å². The third kappa shape index (κ3) is 2.96. The number of nitriles is 1. The van der Waals surface area contributed by atoms with E-state index in [0.717, 1.165) is 0 Å². The first-order valence-electron chi connectivity index (χ1n) is 6.77. The van der Waals surface area contributed by atoms with Gasteiger partial charge in [-0.05, 0) is 37.1 Å². The molecule has 0 fully saturated rings. The van der Waals surface area contributed by atoms with Crippen molar-refractivity contribution in [3.05, 3.63) is 24.3 Å². The van der Waals surface area contributed by atoms with Crippen LogP contribution in [-0.2, 0) is 9.84 Å². The summed E-state index contributed by atoms with van der Waals surface area (Å²) in [5.41, 5.74) is 0. The predicted octanol–water partition coefficient (Wildman–Crippen LogP) is 3.33. The Hall–Kier alpha value is -1.54. The highest BCUT2D eigenvalue weighted by atomic mass is 32.2. The standard InChI is InChI=1S/C15H21NO3S/c1-4-10-15(12-16,11-5-2)20(17,18)14-8-6-13(19-3)7-9-14/h6-9H,4-5,10-11H2,1-3H3. The Morgan fingerprint density at radius 2 is 1.65 bits per heavy atom. The van der Waals surface area contributed by atoms with Gasteiger partial charge in [-0.3, -0.25) is 0 Å². The van der Waals surface area contributed by atoms with Gasteiger partial charge in [0.2, 0.25) is 0 Å². The van der Waals surface area contributed by atoms with Crippen molar-refractivity contribution in [2.24, 2.45) is 0 Å². The number of rotatable bonds is 7. The zero-order valence-electron chi connectivity index (χ0n) is 12.2. The van der Waals surface area contributed by atoms with Gasteiger partial charge in [0.05, 0.1) is 18.1 Å². The van der Waals surface area contributed by atoms with Crippen molar-refractivity contribution in [1.29, 1.82) is 5.26 Å². The van der Waals surface area contributed by atoms with Gasteiger partial charge >= 0.3 is 0 Å². The molecule has 0 radical (unpaired) electrons. The van der Waals surface area contributed by atoms with E-state index >= 15 is 0 Å². The Balaban J connectivity index is 3.32. The zero-order valence-corrected chi connectivity index (χ0v) is 13.0. The van der Waals surface area contributed by atoms with Gasteiger partial charge in [0.1, 0.15) is 5.75 Å². The third-order valence-electron chi connectivity index (χ3n) is 3.40. The molecule has 1 aromatic rings. The fourth-order valence-electron chi connectivity index (χ4n) is 2.35. The van der Waals surface area contributed by atoms with Gasteiger partial charge in [-0.2, -0.15) is 5.26 Å². The summed E-state index contributed by atoms with van der Waals surface area (Å²) in [6, 6.07) is 8.28. The highest BCUT2D eigenvalue weighted by Crippen LogP contribution is 2.34. The number of methoxy groups -OCH3 is 1. The summed E-state index contributed by atoms with van der Waals surface area (Å²) in [5.74, 6) is 0.595. The highest BCUT2D eigenvalue weighted by molar-refractivity contribution is 7.93. The van der Waals surface area contributed by atoms with Gasteiger partial charge in [-0.1, -0.05) is 26.7 Å². The molecule has 0 N–H and O–H groups in total. The van der Waals surface area contributed by atoms with Crippen molar-refractivity contribution < 1.29 is 13.2 Å². The van der Waals surface area contributed by atoms with E-state index in [9.17, 15) is 13.7 Å². The molecular weight excluding hydrogens is 274 g/mol. The summed E-state index contributed by atoms with van der Waals surface area (Å²) in [6.07, 6.45) is 2.02. The number of benzene rings is 1. The van der Waals surface area contributed by atoms with Crippen LogP contribution in [0, 0.1) is 11.3 Å². The van der Waals surface area contributed by atoms with E-state index in [4.69, 9.17) is 4.74 Å². The molecule has 0 saturated heterocycles. The van der Waals surface area contributed by atoms with Crippen LogP contribution in [0.2, 0.25) is 0 Å². The first-order valence-corrected chi connectivity index (χ1v) is 8.25. The molecule has 0 saturated carbocycles. The van der Waals surface area contributed by atoms with Crippen molar-refractivity contribution in [2.45, 2.75) is 49.2 Å². The quantitative estimate of drug-likeness (QED) is 0.773. The Bertz CT molecular complexity index is 564. The van der Waals surface area contributed by atoms with E-state index in [1.165, 1.54) is 19.2 Å². The van der Waals surface area contributed by atoms with Crippen LogP contribution >= 0.6 is 0 Å². The van der Waals surface area contributed by atoms with Gasteiger partial charge in [0, 0.05) is 0 Å². The molecule has 0 atom stereocenters. The second-order valence-corrected chi connectivity index (χ2v) is 7.04. The van der Waals surface area contributed by atoms with E-state index in [0.29, 0.717) is 31.4 Å². The molecule has 110 valence electrons. The van der Waals surface area contributed by atoms with Crippen LogP contribution in [-0.4, -0.2) is 20.3 Å². The van der Waals surface area contributed by atoms with E-state index in [1.54, 1.807) is 12.1 Å². The molecule has 0 aromatic heterocycles. The molecule has 0 aliphatic carbocycles. The first kappa shape index (κ1) is 16.5. The van der Waals surface area contributed by atoms with Crippen LogP contribution in [0.1, 0.15) is 39.5 Å². The predicted molar refractivity (Wildman–Crippen MR) is 78.3 cm³/mol. The first-order chi connectivity index (χ1) is 9.47. The van der Waals surface area contributed by atoms with Gasteiger partial charge in [-0.15, -0.1) is 0 Å². The Kier molecular flexibility index (Phi) is 5.58. The lowest BCUT2D eigenvalue weighted by Crippen LogP contribution is -2.37. The monoisotopic (exact) mass is 295 g/mol. The molecule has 0 aliphatic heterocycles. The topological polar surface area (TPSA) is 67.2 Å². The number of ether oxygens (including phenoxy) is 1. The molecule has 0 spiro atoms. The minimum atomic E-state index is -3.68. The summed E-state index contributed by atoms with van der Waals surface area (Å²) >= 11 is 0. The fourth-order valence-corrected chi connectivity index (χ4v) is 4.37. The number of hydrogen-bond donors (Lipinski definition) is 0. The molecule has 1 aromatic carbocycles. The van der Waals surface area contributed by atoms with Crippen molar-refractivity contribution in [3.63, 3.8) is 0 Å². The maximum atomic E-state index is 12.8. The molecule has 5 heteroatoms. The van der Waals surface area contributed by atoms with Crippen molar-refractivity contribution >= 4 is 9.84 Å². The Morgan fingerprint density at radius 1 is 1.15 bits per heavy atom. The molecule has 20 heavy (non-hydrogen) atoms. The number of nitrogens with zero attached hydrogens (tertiary/aromatic N) is 1. The van der Waals surface area contributed by atoms with E-state index in [-0.39, 0.29) is 4.90 Å². The average Bonchev–Trinajstić information content (AvgIpc) is 2.46. The van der Waals surface area contributed by atoms with Crippen LogP contribution in [0.4, 0.5) is 0 Å². The second-order valence-electron chi connectivity index (χ2n) is 4.79. The maximum Gasteiger partial charge on any atom is 0.197 e. The zero-order chi connectivity index (χ0) is 15.2. The van der Waals surface area contributed by atoms with Crippen LogP contribution in [0.25, 0.3) is 0 Å². The fraction of sp³-hybridized carbons (Fsp3) is 0.533. The van der Waals surface area contributed by atoms with Gasteiger partial charge in [0.25, 0.3) is 0 Å². The van der Waals surface area contributed by atoms with Crippen molar-refractivity contribution in [1.82, 2.24) is 0 Å². The molecule has 0 heterocycles. The van der Waals surface area contributed by atoms with E-state index < -0.39 is 14.6 Å². The molecule has 0 amide bonds. The lowest BCUT2D eigenvalue weighted by Gasteiger charge is -2.25. The molecule has 1 rings (SSSR count). The minimum absolute atomic E-state index is 0.182. The summed E-state index contributed by atoms with van der Waals surface area (Å²) in [6.45, 7) is 3.79. The number of hydrogen-bond acceptors (Lipinski definition) is 4. The normalized spacial score (nSPS) is 11.9. The average molecular weight is 295 g/mol. The lowest BCUT2D eigenvalue weighted by molar-refractivity contribution is 0.414. The molecule has 4 nitrogen and oxygen atoms in total. The highest BCUT2D eigenvalue weighted by Gasteiger charge is 2.43. The van der Waals surface area contributed by atoms with Crippen molar-refractivity contribution in [2.75, 3.05) is 7.11 Å². The van der Waals surface area contributed by atoms with Crippen LogP contribution in [0.5, 0.6) is 5.75 Å². The summed E-state index contributed by atoms with van der Waals surface area (Å²) in [4.78, 5) is 0.182. The maximum absolute atomic E-state index is 12.8. The Morgan fingerprint density at radius 3 is 2.00 bits per heavy atom.